The highest BCUT2D eigenvalue weighted by molar-refractivity contribution is 6.31. The maximum atomic E-state index is 13.6. The number of fused-ring (bicyclic) bond motifs is 1. The smallest absolute Gasteiger partial charge is 0.433 e. The fourth-order valence-corrected chi connectivity index (χ4v) is 5.13. The van der Waals surface area contributed by atoms with Crippen LogP contribution in [0.15, 0.2) is 36.5 Å². The zero-order valence-electron chi connectivity index (χ0n) is 23.0. The SMILES string of the molecule is Cn1cc(NC(=O)OC(C)(C)C)cc1C(=O)N[C@H]1CC[C@@H](N(C)c2cc(C(F)(F)F)nc3ccc(Cl)cc23)CC1. The number of halogens is 4. The minimum atomic E-state index is -4.58. The monoisotopic (exact) mass is 579 g/mol. The second-order valence-electron chi connectivity index (χ2n) is 11.1. The average molecular weight is 580 g/mol. The number of rotatable bonds is 5. The molecule has 40 heavy (non-hydrogen) atoms. The number of aryl methyl sites for hydroxylation is 1. The number of alkyl halides is 3. The third-order valence-electron chi connectivity index (χ3n) is 6.88. The van der Waals surface area contributed by atoms with E-state index in [-0.39, 0.29) is 23.5 Å². The summed E-state index contributed by atoms with van der Waals surface area (Å²) in [5.41, 5.74) is -0.135. The summed E-state index contributed by atoms with van der Waals surface area (Å²) < 4.78 is 47.6. The predicted octanol–water partition coefficient (Wildman–Crippen LogP) is 6.77. The van der Waals surface area contributed by atoms with Crippen LogP contribution in [0.4, 0.5) is 29.3 Å². The van der Waals surface area contributed by atoms with Crippen LogP contribution in [0.1, 0.15) is 62.6 Å². The normalized spacial score (nSPS) is 17.9. The molecule has 216 valence electrons. The Labute approximate surface area is 235 Å². The van der Waals surface area contributed by atoms with Gasteiger partial charge < -0.3 is 19.5 Å². The Hall–Kier alpha value is -3.47. The summed E-state index contributed by atoms with van der Waals surface area (Å²) in [6, 6.07) is 7.18. The minimum absolute atomic E-state index is 0.0292. The number of carbonyl (C=O) groups is 2. The first kappa shape index (κ1) is 29.5. The highest BCUT2D eigenvalue weighted by Crippen LogP contribution is 2.37. The molecular weight excluding hydrogens is 547 g/mol. The van der Waals surface area contributed by atoms with E-state index in [9.17, 15) is 22.8 Å². The molecule has 1 fully saturated rings. The molecule has 4 rings (SSSR count). The van der Waals surface area contributed by atoms with Crippen LogP contribution in [0, 0.1) is 0 Å². The second kappa shape index (κ2) is 11.2. The fraction of sp³-hybridized carbons (Fsp3) is 0.464. The molecule has 0 aliphatic heterocycles. The third-order valence-corrected chi connectivity index (χ3v) is 7.12. The Morgan fingerprint density at radius 1 is 1.10 bits per heavy atom. The highest BCUT2D eigenvalue weighted by atomic mass is 35.5. The van der Waals surface area contributed by atoms with Gasteiger partial charge in [-0.3, -0.25) is 10.1 Å². The van der Waals surface area contributed by atoms with E-state index >= 15 is 0 Å². The number of ether oxygens (including phenoxy) is 1. The largest absolute Gasteiger partial charge is 0.444 e. The summed E-state index contributed by atoms with van der Waals surface area (Å²) in [7, 11) is 3.49. The van der Waals surface area contributed by atoms with Crippen molar-refractivity contribution in [1.82, 2.24) is 14.9 Å². The molecule has 12 heteroatoms. The van der Waals surface area contributed by atoms with Gasteiger partial charge in [-0.25, -0.2) is 9.78 Å². The van der Waals surface area contributed by atoms with Crippen molar-refractivity contribution in [3.8, 4) is 0 Å². The number of aromatic nitrogens is 2. The van der Waals surface area contributed by atoms with E-state index in [1.807, 2.05) is 4.90 Å². The Balaban J connectivity index is 1.41. The van der Waals surface area contributed by atoms with Crippen LogP contribution in [0.25, 0.3) is 10.9 Å². The van der Waals surface area contributed by atoms with Crippen molar-refractivity contribution in [2.24, 2.45) is 7.05 Å². The average Bonchev–Trinajstić information content (AvgIpc) is 3.21. The number of amides is 2. The van der Waals surface area contributed by atoms with Gasteiger partial charge in [0.15, 0.2) is 0 Å². The number of pyridine rings is 1. The number of hydrogen-bond donors (Lipinski definition) is 2. The van der Waals surface area contributed by atoms with Gasteiger partial charge >= 0.3 is 12.3 Å². The molecule has 3 aromatic rings. The lowest BCUT2D eigenvalue weighted by Crippen LogP contribution is -2.43. The van der Waals surface area contributed by atoms with E-state index < -0.39 is 23.6 Å². The van der Waals surface area contributed by atoms with E-state index in [0.29, 0.717) is 53.2 Å². The first-order valence-corrected chi connectivity index (χ1v) is 13.4. The van der Waals surface area contributed by atoms with E-state index in [1.165, 1.54) is 12.1 Å². The predicted molar refractivity (Wildman–Crippen MR) is 149 cm³/mol. The van der Waals surface area contributed by atoms with Crippen LogP contribution in [0.5, 0.6) is 0 Å². The molecule has 2 heterocycles. The standard InChI is InChI=1S/C28H33ClF3N5O3/c1-27(2,3)40-26(39)34-18-13-23(36(4)15-18)25(38)33-17-7-9-19(10-8-17)37(5)22-14-24(28(30,31)32)35-21-11-6-16(29)12-20(21)22/h6,11-15,17,19H,7-10H2,1-5H3,(H,33,38)(H,34,39)/t17-,19+. The van der Waals surface area contributed by atoms with Crippen molar-refractivity contribution >= 4 is 45.9 Å². The molecule has 2 amide bonds. The molecule has 8 nitrogen and oxygen atoms in total. The summed E-state index contributed by atoms with van der Waals surface area (Å²) in [5, 5.41) is 6.65. The summed E-state index contributed by atoms with van der Waals surface area (Å²) in [6.07, 6.45) is -0.902. The van der Waals surface area contributed by atoms with Gasteiger partial charge in [0, 0.05) is 48.5 Å². The van der Waals surface area contributed by atoms with Crippen molar-refractivity contribution in [2.75, 3.05) is 17.3 Å². The van der Waals surface area contributed by atoms with Crippen molar-refractivity contribution in [2.45, 2.75) is 70.3 Å². The van der Waals surface area contributed by atoms with Gasteiger partial charge in [-0.15, -0.1) is 0 Å². The summed E-state index contributed by atoms with van der Waals surface area (Å²) >= 11 is 6.15. The quantitative estimate of drug-likeness (QED) is 0.348. The molecule has 1 aromatic carbocycles. The number of carbonyl (C=O) groups excluding carboxylic acids is 2. The van der Waals surface area contributed by atoms with E-state index in [1.54, 1.807) is 57.8 Å². The van der Waals surface area contributed by atoms with Gasteiger partial charge in [-0.1, -0.05) is 11.6 Å². The zero-order valence-corrected chi connectivity index (χ0v) is 23.8. The van der Waals surface area contributed by atoms with Gasteiger partial charge in [0.05, 0.1) is 11.2 Å². The Bertz CT molecular complexity index is 1410. The van der Waals surface area contributed by atoms with Crippen LogP contribution in [-0.4, -0.2) is 46.3 Å². The van der Waals surface area contributed by atoms with Crippen LogP contribution in [0.3, 0.4) is 0 Å². The Kier molecular flexibility index (Phi) is 8.26. The number of anilines is 2. The first-order valence-electron chi connectivity index (χ1n) is 13.0. The molecule has 1 saturated carbocycles. The molecule has 2 aromatic heterocycles. The lowest BCUT2D eigenvalue weighted by Gasteiger charge is -2.37. The number of nitrogens with one attached hydrogen (secondary N) is 2. The Morgan fingerprint density at radius 3 is 2.40 bits per heavy atom. The van der Waals surface area contributed by atoms with Gasteiger partial charge in [-0.05, 0) is 76.8 Å². The molecule has 1 aliphatic rings. The van der Waals surface area contributed by atoms with Crippen LogP contribution in [0.2, 0.25) is 5.02 Å². The third kappa shape index (κ3) is 6.99. The van der Waals surface area contributed by atoms with Crippen molar-refractivity contribution < 1.29 is 27.5 Å². The summed E-state index contributed by atoms with van der Waals surface area (Å²) in [5.74, 6) is -0.277. The number of hydrogen-bond acceptors (Lipinski definition) is 5. The van der Waals surface area contributed by atoms with Crippen LogP contribution < -0.4 is 15.5 Å². The molecule has 2 N–H and O–H groups in total. The molecule has 0 bridgehead atoms. The van der Waals surface area contributed by atoms with E-state index in [2.05, 4.69) is 15.6 Å². The maximum absolute atomic E-state index is 13.6. The van der Waals surface area contributed by atoms with Gasteiger partial charge in [0.2, 0.25) is 0 Å². The first-order chi connectivity index (χ1) is 18.6. The molecular formula is C28H33ClF3N5O3. The number of benzene rings is 1. The lowest BCUT2D eigenvalue weighted by atomic mass is 9.89. The van der Waals surface area contributed by atoms with Crippen molar-refractivity contribution in [3.63, 3.8) is 0 Å². The molecule has 0 saturated heterocycles. The fourth-order valence-electron chi connectivity index (χ4n) is 4.96. The zero-order chi connectivity index (χ0) is 29.4. The highest BCUT2D eigenvalue weighted by Gasteiger charge is 2.35. The number of nitrogens with zero attached hydrogens (tertiary/aromatic N) is 3. The van der Waals surface area contributed by atoms with Gasteiger partial charge in [0.1, 0.15) is 17.0 Å². The molecule has 0 radical (unpaired) electrons. The molecule has 0 spiro atoms. The lowest BCUT2D eigenvalue weighted by molar-refractivity contribution is -0.140. The van der Waals surface area contributed by atoms with E-state index in [4.69, 9.17) is 16.3 Å². The summed E-state index contributed by atoms with van der Waals surface area (Å²) in [6.45, 7) is 5.28. The topological polar surface area (TPSA) is 88.5 Å². The Morgan fingerprint density at radius 2 is 1.77 bits per heavy atom. The van der Waals surface area contributed by atoms with Gasteiger partial charge in [0.25, 0.3) is 5.91 Å². The van der Waals surface area contributed by atoms with Crippen molar-refractivity contribution in [1.29, 1.82) is 0 Å². The minimum Gasteiger partial charge on any atom is -0.444 e. The maximum Gasteiger partial charge on any atom is 0.433 e. The van der Waals surface area contributed by atoms with Crippen molar-refractivity contribution in [3.05, 3.63) is 52.9 Å². The van der Waals surface area contributed by atoms with Crippen LogP contribution in [-0.2, 0) is 18.0 Å². The second-order valence-corrected chi connectivity index (χ2v) is 11.6. The van der Waals surface area contributed by atoms with Crippen LogP contribution >= 0.6 is 11.6 Å². The summed E-state index contributed by atoms with van der Waals surface area (Å²) in [4.78, 5) is 30.7. The molecule has 0 unspecified atom stereocenters. The van der Waals surface area contributed by atoms with E-state index in [0.717, 1.165) is 6.07 Å². The van der Waals surface area contributed by atoms with Gasteiger partial charge in [-0.2, -0.15) is 13.2 Å². The molecule has 1 aliphatic carbocycles. The molecule has 0 atom stereocenters.